The van der Waals surface area contributed by atoms with Crippen molar-refractivity contribution in [3.05, 3.63) is 35.9 Å². The number of alkyl halides is 1. The van der Waals surface area contributed by atoms with Gasteiger partial charge in [0, 0.05) is 24.4 Å². The Morgan fingerprint density at radius 2 is 2.06 bits per heavy atom. The fourth-order valence-electron chi connectivity index (χ4n) is 2.20. The summed E-state index contributed by atoms with van der Waals surface area (Å²) in [5, 5.41) is 1.20. The molecule has 0 saturated heterocycles. The van der Waals surface area contributed by atoms with Crippen molar-refractivity contribution in [2.45, 2.75) is 20.3 Å². The lowest BCUT2D eigenvalue weighted by Gasteiger charge is -2.23. The molecule has 0 bridgehead atoms. The lowest BCUT2D eigenvalue weighted by Crippen LogP contribution is -2.26. The van der Waals surface area contributed by atoms with Gasteiger partial charge in [-0.05, 0) is 38.0 Å². The Labute approximate surface area is 114 Å². The summed E-state index contributed by atoms with van der Waals surface area (Å²) in [6.07, 6.45) is 0.989. The minimum absolute atomic E-state index is 0.698. The topological polar surface area (TPSA) is 16.1 Å². The van der Waals surface area contributed by atoms with Crippen molar-refractivity contribution in [2.24, 2.45) is 0 Å². The van der Waals surface area contributed by atoms with Crippen LogP contribution in [0.25, 0.3) is 10.9 Å². The predicted octanol–water partition coefficient (Wildman–Crippen LogP) is 4.00. The van der Waals surface area contributed by atoms with E-state index in [4.69, 9.17) is 16.6 Å². The molecule has 0 spiro atoms. The minimum atomic E-state index is 0.698. The molecule has 0 N–H and O–H groups in total. The molecule has 1 aromatic carbocycles. The molecule has 1 heterocycles. The molecular weight excluding hydrogens is 244 g/mol. The van der Waals surface area contributed by atoms with Crippen LogP contribution in [0.15, 0.2) is 30.3 Å². The van der Waals surface area contributed by atoms with E-state index in [9.17, 15) is 0 Å². The van der Waals surface area contributed by atoms with Gasteiger partial charge in [0.2, 0.25) is 0 Å². The summed E-state index contributed by atoms with van der Waals surface area (Å²) in [6.45, 7) is 6.21. The second-order valence-corrected chi connectivity index (χ2v) is 4.82. The Kier molecular flexibility index (Phi) is 4.43. The van der Waals surface area contributed by atoms with E-state index >= 15 is 0 Å². The normalized spacial score (nSPS) is 10.8. The molecule has 0 fully saturated rings. The monoisotopic (exact) mass is 262 g/mol. The second-order valence-electron chi connectivity index (χ2n) is 4.44. The molecule has 0 aliphatic rings. The molecule has 0 amide bonds. The molecule has 0 atom stereocenters. The summed E-state index contributed by atoms with van der Waals surface area (Å²) < 4.78 is 0. The van der Waals surface area contributed by atoms with E-state index in [1.54, 1.807) is 0 Å². The van der Waals surface area contributed by atoms with Gasteiger partial charge < -0.3 is 4.90 Å². The Hall–Kier alpha value is -1.28. The van der Waals surface area contributed by atoms with Gasteiger partial charge in [0.15, 0.2) is 0 Å². The largest absolute Gasteiger partial charge is 0.357 e. The van der Waals surface area contributed by atoms with E-state index in [-0.39, 0.29) is 0 Å². The van der Waals surface area contributed by atoms with Gasteiger partial charge in [0.05, 0.1) is 5.52 Å². The van der Waals surface area contributed by atoms with Crippen molar-refractivity contribution in [1.29, 1.82) is 0 Å². The number of hydrogen-bond donors (Lipinski definition) is 0. The second kappa shape index (κ2) is 6.05. The standard InChI is InChI=1S/C15H19ClN2/c1-3-18(10-6-9-16)15-12(2)11-13-7-4-5-8-14(13)17-15/h4-5,7-8,11H,3,6,9-10H2,1-2H3. The van der Waals surface area contributed by atoms with Gasteiger partial charge in [-0.2, -0.15) is 0 Å². The molecular formula is C15H19ClN2. The maximum atomic E-state index is 5.78. The molecule has 96 valence electrons. The van der Waals surface area contributed by atoms with E-state index < -0.39 is 0 Å². The summed E-state index contributed by atoms with van der Waals surface area (Å²) in [6, 6.07) is 10.5. The maximum absolute atomic E-state index is 5.78. The molecule has 2 rings (SSSR count). The summed E-state index contributed by atoms with van der Waals surface area (Å²) in [7, 11) is 0. The number of fused-ring (bicyclic) bond motifs is 1. The first-order valence-corrected chi connectivity index (χ1v) is 6.97. The smallest absolute Gasteiger partial charge is 0.132 e. The third-order valence-corrected chi connectivity index (χ3v) is 3.40. The average Bonchev–Trinajstić information content (AvgIpc) is 2.40. The first-order chi connectivity index (χ1) is 8.76. The van der Waals surface area contributed by atoms with Gasteiger partial charge in [0.25, 0.3) is 0 Å². The van der Waals surface area contributed by atoms with Crippen LogP contribution in [0.5, 0.6) is 0 Å². The highest BCUT2D eigenvalue weighted by atomic mass is 35.5. The number of rotatable bonds is 5. The number of pyridine rings is 1. The van der Waals surface area contributed by atoms with Crippen molar-refractivity contribution in [3.8, 4) is 0 Å². The quantitative estimate of drug-likeness (QED) is 0.758. The number of anilines is 1. The molecule has 18 heavy (non-hydrogen) atoms. The van der Waals surface area contributed by atoms with Crippen LogP contribution in [0.2, 0.25) is 0 Å². The Bertz CT molecular complexity index is 525. The van der Waals surface area contributed by atoms with Crippen LogP contribution in [-0.4, -0.2) is 24.0 Å². The van der Waals surface area contributed by atoms with Crippen LogP contribution < -0.4 is 4.90 Å². The Morgan fingerprint density at radius 1 is 1.28 bits per heavy atom. The average molecular weight is 263 g/mol. The van der Waals surface area contributed by atoms with Gasteiger partial charge >= 0.3 is 0 Å². The molecule has 0 radical (unpaired) electrons. The lowest BCUT2D eigenvalue weighted by molar-refractivity contribution is 0.780. The van der Waals surface area contributed by atoms with Crippen molar-refractivity contribution in [1.82, 2.24) is 4.98 Å². The number of halogens is 1. The Balaban J connectivity index is 2.39. The zero-order chi connectivity index (χ0) is 13.0. The molecule has 2 nitrogen and oxygen atoms in total. The summed E-state index contributed by atoms with van der Waals surface area (Å²) in [5.41, 5.74) is 2.28. The highest BCUT2D eigenvalue weighted by molar-refractivity contribution is 6.17. The van der Waals surface area contributed by atoms with Crippen LogP contribution >= 0.6 is 11.6 Å². The molecule has 0 aliphatic heterocycles. The molecule has 0 saturated carbocycles. The summed E-state index contributed by atoms with van der Waals surface area (Å²) in [4.78, 5) is 7.08. The number of aryl methyl sites for hydroxylation is 1. The van der Waals surface area contributed by atoms with Crippen LogP contribution in [0.4, 0.5) is 5.82 Å². The minimum Gasteiger partial charge on any atom is -0.357 e. The SMILES string of the molecule is CCN(CCCCl)c1nc2ccccc2cc1C. The van der Waals surface area contributed by atoms with Crippen LogP contribution in [0.1, 0.15) is 18.9 Å². The molecule has 2 aromatic rings. The van der Waals surface area contributed by atoms with Crippen LogP contribution in [0, 0.1) is 6.92 Å². The van der Waals surface area contributed by atoms with E-state index in [1.165, 1.54) is 10.9 Å². The molecule has 3 heteroatoms. The third-order valence-electron chi connectivity index (χ3n) is 3.13. The van der Waals surface area contributed by atoms with Gasteiger partial charge in [-0.1, -0.05) is 18.2 Å². The first-order valence-electron chi connectivity index (χ1n) is 6.43. The number of para-hydroxylation sites is 1. The Morgan fingerprint density at radius 3 is 2.78 bits per heavy atom. The third kappa shape index (κ3) is 2.75. The zero-order valence-corrected chi connectivity index (χ0v) is 11.7. The van der Waals surface area contributed by atoms with Gasteiger partial charge in [-0.25, -0.2) is 4.98 Å². The van der Waals surface area contributed by atoms with Crippen LogP contribution in [-0.2, 0) is 0 Å². The lowest BCUT2D eigenvalue weighted by atomic mass is 10.1. The maximum Gasteiger partial charge on any atom is 0.132 e. The summed E-state index contributed by atoms with van der Waals surface area (Å²) >= 11 is 5.78. The number of benzene rings is 1. The summed E-state index contributed by atoms with van der Waals surface area (Å²) in [5.74, 6) is 1.78. The zero-order valence-electron chi connectivity index (χ0n) is 11.0. The van der Waals surface area contributed by atoms with E-state index in [0.717, 1.165) is 30.8 Å². The fraction of sp³-hybridized carbons (Fsp3) is 0.400. The number of nitrogens with zero attached hydrogens (tertiary/aromatic N) is 2. The fourth-order valence-corrected chi connectivity index (χ4v) is 2.32. The van der Waals surface area contributed by atoms with Crippen molar-refractivity contribution >= 4 is 28.3 Å². The highest BCUT2D eigenvalue weighted by Gasteiger charge is 2.10. The van der Waals surface area contributed by atoms with Crippen molar-refractivity contribution in [2.75, 3.05) is 23.9 Å². The van der Waals surface area contributed by atoms with Gasteiger partial charge in [-0.15, -0.1) is 11.6 Å². The van der Waals surface area contributed by atoms with E-state index in [0.29, 0.717) is 5.88 Å². The van der Waals surface area contributed by atoms with Gasteiger partial charge in [-0.3, -0.25) is 0 Å². The van der Waals surface area contributed by atoms with Crippen LogP contribution in [0.3, 0.4) is 0 Å². The molecule has 0 unspecified atom stereocenters. The van der Waals surface area contributed by atoms with Gasteiger partial charge in [0.1, 0.15) is 5.82 Å². The van der Waals surface area contributed by atoms with E-state index in [2.05, 4.69) is 36.9 Å². The van der Waals surface area contributed by atoms with Crippen molar-refractivity contribution < 1.29 is 0 Å². The number of hydrogen-bond acceptors (Lipinski definition) is 2. The van der Waals surface area contributed by atoms with E-state index in [1.807, 2.05) is 12.1 Å². The first kappa shape index (κ1) is 13.2. The highest BCUT2D eigenvalue weighted by Crippen LogP contribution is 2.22. The van der Waals surface area contributed by atoms with Crippen molar-refractivity contribution in [3.63, 3.8) is 0 Å². The predicted molar refractivity (Wildman–Crippen MR) is 79.7 cm³/mol. The molecule has 0 aliphatic carbocycles. The number of aromatic nitrogens is 1. The molecule has 1 aromatic heterocycles.